The highest BCUT2D eigenvalue weighted by atomic mass is 35.5. The standard InChI is InChI=1S/C13H16ClNO/c1-9-5-6-10-3-2-4-12(11(10)7-9)15-13(16)8-14/h5-7,12H,2-4,8H2,1H3,(H,15,16)/t12-/m0/s1. The number of carbonyl (C=O) groups is 1. The Morgan fingerprint density at radius 3 is 3.12 bits per heavy atom. The molecule has 1 N–H and O–H groups in total. The van der Waals surface area contributed by atoms with Gasteiger partial charge in [-0.05, 0) is 37.3 Å². The highest BCUT2D eigenvalue weighted by Gasteiger charge is 2.21. The van der Waals surface area contributed by atoms with Crippen molar-refractivity contribution < 1.29 is 4.79 Å². The summed E-state index contributed by atoms with van der Waals surface area (Å²) in [6.45, 7) is 2.08. The second-order valence-corrected chi connectivity index (χ2v) is 4.62. The fraction of sp³-hybridized carbons (Fsp3) is 0.462. The van der Waals surface area contributed by atoms with Gasteiger partial charge in [0.2, 0.25) is 5.91 Å². The summed E-state index contributed by atoms with van der Waals surface area (Å²) in [7, 11) is 0. The molecule has 0 aromatic heterocycles. The maximum Gasteiger partial charge on any atom is 0.235 e. The zero-order valence-electron chi connectivity index (χ0n) is 9.42. The Labute approximate surface area is 101 Å². The molecule has 0 saturated heterocycles. The first kappa shape index (κ1) is 11.5. The van der Waals surface area contributed by atoms with Crippen LogP contribution in [0.15, 0.2) is 18.2 Å². The van der Waals surface area contributed by atoms with E-state index in [0.29, 0.717) is 0 Å². The molecule has 3 heteroatoms. The number of hydrogen-bond donors (Lipinski definition) is 1. The van der Waals surface area contributed by atoms with Crippen molar-refractivity contribution in [2.75, 3.05) is 5.88 Å². The Hall–Kier alpha value is -1.02. The van der Waals surface area contributed by atoms with Gasteiger partial charge < -0.3 is 5.32 Å². The number of rotatable bonds is 2. The Kier molecular flexibility index (Phi) is 3.49. The summed E-state index contributed by atoms with van der Waals surface area (Å²) in [5, 5.41) is 2.98. The number of nitrogens with one attached hydrogen (secondary N) is 1. The third-order valence-electron chi connectivity index (χ3n) is 3.07. The number of halogens is 1. The van der Waals surface area contributed by atoms with Crippen molar-refractivity contribution in [2.45, 2.75) is 32.2 Å². The molecule has 0 fully saturated rings. The lowest BCUT2D eigenvalue weighted by molar-refractivity contribution is -0.119. The molecule has 0 radical (unpaired) electrons. The van der Waals surface area contributed by atoms with Crippen LogP contribution in [0.1, 0.15) is 35.6 Å². The Morgan fingerprint density at radius 1 is 1.56 bits per heavy atom. The van der Waals surface area contributed by atoms with Crippen LogP contribution in [-0.2, 0) is 11.2 Å². The van der Waals surface area contributed by atoms with Crippen molar-refractivity contribution in [3.63, 3.8) is 0 Å². The lowest BCUT2D eigenvalue weighted by Gasteiger charge is -2.26. The Morgan fingerprint density at radius 2 is 2.38 bits per heavy atom. The summed E-state index contributed by atoms with van der Waals surface area (Å²) in [6, 6.07) is 6.62. The predicted molar refractivity (Wildman–Crippen MR) is 65.7 cm³/mol. The zero-order valence-corrected chi connectivity index (χ0v) is 10.2. The minimum Gasteiger partial charge on any atom is -0.348 e. The summed E-state index contributed by atoms with van der Waals surface area (Å²) in [6.07, 6.45) is 3.26. The van der Waals surface area contributed by atoms with Crippen LogP contribution in [0.3, 0.4) is 0 Å². The molecule has 0 heterocycles. The molecule has 1 amide bonds. The van der Waals surface area contributed by atoms with E-state index in [1.54, 1.807) is 0 Å². The van der Waals surface area contributed by atoms with Gasteiger partial charge in [0.25, 0.3) is 0 Å². The zero-order chi connectivity index (χ0) is 11.5. The second-order valence-electron chi connectivity index (χ2n) is 4.35. The van der Waals surface area contributed by atoms with Gasteiger partial charge in [0.05, 0.1) is 6.04 Å². The van der Waals surface area contributed by atoms with Crippen LogP contribution in [0.4, 0.5) is 0 Å². The number of benzene rings is 1. The van der Waals surface area contributed by atoms with Gasteiger partial charge in [-0.1, -0.05) is 23.8 Å². The van der Waals surface area contributed by atoms with Gasteiger partial charge in [-0.2, -0.15) is 0 Å². The minimum absolute atomic E-state index is 0.0393. The largest absolute Gasteiger partial charge is 0.348 e. The van der Waals surface area contributed by atoms with Crippen LogP contribution >= 0.6 is 11.6 Å². The average Bonchev–Trinajstić information content (AvgIpc) is 2.29. The van der Waals surface area contributed by atoms with Crippen LogP contribution < -0.4 is 5.32 Å². The third-order valence-corrected chi connectivity index (χ3v) is 3.32. The fourth-order valence-corrected chi connectivity index (χ4v) is 2.38. The van der Waals surface area contributed by atoms with Crippen LogP contribution in [0, 0.1) is 6.92 Å². The van der Waals surface area contributed by atoms with Crippen molar-refractivity contribution >= 4 is 17.5 Å². The van der Waals surface area contributed by atoms with Gasteiger partial charge in [0.15, 0.2) is 0 Å². The molecule has 2 nitrogen and oxygen atoms in total. The average molecular weight is 238 g/mol. The van der Waals surface area contributed by atoms with Crippen molar-refractivity contribution in [2.24, 2.45) is 0 Å². The quantitative estimate of drug-likeness (QED) is 0.788. The first-order valence-corrected chi connectivity index (χ1v) is 6.19. The highest BCUT2D eigenvalue weighted by molar-refractivity contribution is 6.27. The molecular formula is C13H16ClNO. The van der Waals surface area contributed by atoms with E-state index in [4.69, 9.17) is 11.6 Å². The summed E-state index contributed by atoms with van der Waals surface area (Å²) < 4.78 is 0. The summed E-state index contributed by atoms with van der Waals surface area (Å²) in [5.41, 5.74) is 3.87. The van der Waals surface area contributed by atoms with Crippen molar-refractivity contribution in [3.8, 4) is 0 Å². The second kappa shape index (κ2) is 4.88. The van der Waals surface area contributed by atoms with Gasteiger partial charge >= 0.3 is 0 Å². The van der Waals surface area contributed by atoms with E-state index in [-0.39, 0.29) is 17.8 Å². The van der Waals surface area contributed by atoms with Crippen LogP contribution in [0.2, 0.25) is 0 Å². The number of hydrogen-bond acceptors (Lipinski definition) is 1. The molecule has 1 aromatic carbocycles. The number of fused-ring (bicyclic) bond motifs is 1. The van der Waals surface area contributed by atoms with Gasteiger partial charge in [-0.15, -0.1) is 11.6 Å². The highest BCUT2D eigenvalue weighted by Crippen LogP contribution is 2.30. The molecule has 0 aliphatic heterocycles. The number of aryl methyl sites for hydroxylation is 2. The van der Waals surface area contributed by atoms with Crippen molar-refractivity contribution in [1.82, 2.24) is 5.32 Å². The maximum atomic E-state index is 11.3. The molecule has 1 aliphatic rings. The first-order chi connectivity index (χ1) is 7.70. The summed E-state index contributed by atoms with van der Waals surface area (Å²) >= 11 is 5.52. The van der Waals surface area contributed by atoms with E-state index in [1.165, 1.54) is 16.7 Å². The van der Waals surface area contributed by atoms with Crippen molar-refractivity contribution in [3.05, 3.63) is 34.9 Å². The predicted octanol–water partition coefficient (Wildman–Crippen LogP) is 2.73. The molecular weight excluding hydrogens is 222 g/mol. The van der Waals surface area contributed by atoms with Gasteiger partial charge in [0.1, 0.15) is 5.88 Å². The number of alkyl halides is 1. The molecule has 1 aliphatic carbocycles. The van der Waals surface area contributed by atoms with E-state index in [1.807, 2.05) is 0 Å². The van der Waals surface area contributed by atoms with Gasteiger partial charge in [0, 0.05) is 0 Å². The molecule has 0 unspecified atom stereocenters. The Bertz CT molecular complexity index is 403. The first-order valence-electron chi connectivity index (χ1n) is 5.65. The minimum atomic E-state index is -0.0824. The van der Waals surface area contributed by atoms with Gasteiger partial charge in [-0.3, -0.25) is 4.79 Å². The normalized spacial score (nSPS) is 19.0. The summed E-state index contributed by atoms with van der Waals surface area (Å²) in [4.78, 5) is 11.3. The fourth-order valence-electron chi connectivity index (χ4n) is 2.30. The lowest BCUT2D eigenvalue weighted by atomic mass is 9.86. The van der Waals surface area contributed by atoms with Gasteiger partial charge in [-0.25, -0.2) is 0 Å². The van der Waals surface area contributed by atoms with Crippen LogP contribution in [0.25, 0.3) is 0 Å². The molecule has 0 bridgehead atoms. The third kappa shape index (κ3) is 2.38. The molecule has 1 aromatic rings. The molecule has 0 saturated carbocycles. The monoisotopic (exact) mass is 237 g/mol. The molecule has 2 rings (SSSR count). The Balaban J connectivity index is 2.24. The smallest absolute Gasteiger partial charge is 0.235 e. The molecule has 86 valence electrons. The molecule has 0 spiro atoms. The van der Waals surface area contributed by atoms with Crippen LogP contribution in [0.5, 0.6) is 0 Å². The van der Waals surface area contributed by atoms with Crippen LogP contribution in [-0.4, -0.2) is 11.8 Å². The van der Waals surface area contributed by atoms with E-state index in [0.717, 1.165) is 19.3 Å². The van der Waals surface area contributed by atoms with E-state index in [9.17, 15) is 4.79 Å². The van der Waals surface area contributed by atoms with E-state index in [2.05, 4.69) is 30.4 Å². The van der Waals surface area contributed by atoms with E-state index >= 15 is 0 Å². The lowest BCUT2D eigenvalue weighted by Crippen LogP contribution is -2.31. The molecule has 1 atom stereocenters. The number of amides is 1. The van der Waals surface area contributed by atoms with Crippen molar-refractivity contribution in [1.29, 1.82) is 0 Å². The molecule has 16 heavy (non-hydrogen) atoms. The summed E-state index contributed by atoms with van der Waals surface area (Å²) in [5.74, 6) is -0.0431. The number of carbonyl (C=O) groups excluding carboxylic acids is 1. The maximum absolute atomic E-state index is 11.3. The SMILES string of the molecule is Cc1ccc2c(c1)[C@@H](NC(=O)CCl)CCC2. The van der Waals surface area contributed by atoms with E-state index < -0.39 is 0 Å². The topological polar surface area (TPSA) is 29.1 Å².